The average Bonchev–Trinajstić information content (AvgIpc) is 3.27. The summed E-state index contributed by atoms with van der Waals surface area (Å²) < 4.78 is 10.0. The fraction of sp³-hybridized carbons (Fsp3) is 0.400. The number of ether oxygens (including phenoxy) is 1. The molecule has 0 radical (unpaired) electrons. The van der Waals surface area contributed by atoms with Crippen molar-refractivity contribution in [2.75, 3.05) is 7.11 Å². The molecule has 1 N–H and O–H groups in total. The first kappa shape index (κ1) is 13.8. The van der Waals surface area contributed by atoms with Gasteiger partial charge in [-0.3, -0.25) is 5.32 Å². The van der Waals surface area contributed by atoms with Crippen LogP contribution in [0.15, 0.2) is 34.9 Å². The highest BCUT2D eigenvalue weighted by Crippen LogP contribution is 2.38. The van der Waals surface area contributed by atoms with Crippen LogP contribution in [0.2, 0.25) is 0 Å². The largest absolute Gasteiger partial charge is 0.468 e. The van der Waals surface area contributed by atoms with Gasteiger partial charge in [-0.2, -0.15) is 4.98 Å². The first-order valence-corrected chi connectivity index (χ1v) is 6.96. The van der Waals surface area contributed by atoms with Gasteiger partial charge in [0.05, 0.1) is 13.7 Å². The first-order chi connectivity index (χ1) is 10.3. The molecule has 1 aliphatic carbocycles. The zero-order valence-electron chi connectivity index (χ0n) is 11.8. The van der Waals surface area contributed by atoms with Crippen LogP contribution in [0.3, 0.4) is 0 Å². The van der Waals surface area contributed by atoms with Crippen molar-refractivity contribution in [3.63, 3.8) is 0 Å². The van der Waals surface area contributed by atoms with Gasteiger partial charge >= 0.3 is 5.97 Å². The van der Waals surface area contributed by atoms with Gasteiger partial charge in [0.2, 0.25) is 5.89 Å². The second kappa shape index (κ2) is 6.05. The molecule has 3 rings (SSSR count). The maximum Gasteiger partial charge on any atom is 0.327 e. The van der Waals surface area contributed by atoms with E-state index in [-0.39, 0.29) is 5.97 Å². The van der Waals surface area contributed by atoms with Crippen LogP contribution in [0, 0.1) is 0 Å². The SMILES string of the molecule is COC(=O)C(NCc1noc(C2CC2)n1)c1ccccc1. The van der Waals surface area contributed by atoms with Gasteiger partial charge in [0.15, 0.2) is 5.82 Å². The number of aromatic nitrogens is 2. The first-order valence-electron chi connectivity index (χ1n) is 6.96. The fourth-order valence-electron chi connectivity index (χ4n) is 2.13. The van der Waals surface area contributed by atoms with E-state index in [2.05, 4.69) is 15.5 Å². The Kier molecular flexibility index (Phi) is 3.96. The molecule has 1 aliphatic rings. The number of carbonyl (C=O) groups is 1. The van der Waals surface area contributed by atoms with Gasteiger partial charge in [-0.1, -0.05) is 35.5 Å². The number of rotatable bonds is 6. The van der Waals surface area contributed by atoms with Crippen molar-refractivity contribution in [3.05, 3.63) is 47.6 Å². The molecular weight excluding hydrogens is 270 g/mol. The maximum absolute atomic E-state index is 11.9. The van der Waals surface area contributed by atoms with E-state index in [9.17, 15) is 4.79 Å². The van der Waals surface area contributed by atoms with Crippen LogP contribution >= 0.6 is 0 Å². The number of nitrogens with one attached hydrogen (secondary N) is 1. The monoisotopic (exact) mass is 287 g/mol. The van der Waals surface area contributed by atoms with Crippen LogP contribution < -0.4 is 5.32 Å². The Hall–Kier alpha value is -2.21. The summed E-state index contributed by atoms with van der Waals surface area (Å²) >= 11 is 0. The summed E-state index contributed by atoms with van der Waals surface area (Å²) in [7, 11) is 1.37. The van der Waals surface area contributed by atoms with Crippen LogP contribution in [0.25, 0.3) is 0 Å². The Labute approximate surface area is 122 Å². The van der Waals surface area contributed by atoms with Gasteiger partial charge in [0.1, 0.15) is 6.04 Å². The number of benzene rings is 1. The lowest BCUT2D eigenvalue weighted by Crippen LogP contribution is -2.29. The predicted octanol–water partition coefficient (Wildman–Crippen LogP) is 1.95. The molecule has 0 bridgehead atoms. The van der Waals surface area contributed by atoms with Crippen LogP contribution in [0.4, 0.5) is 0 Å². The summed E-state index contributed by atoms with van der Waals surface area (Å²) in [5.74, 6) is 1.34. The number of methoxy groups -OCH3 is 1. The van der Waals surface area contributed by atoms with Gasteiger partial charge in [-0.15, -0.1) is 0 Å². The van der Waals surface area contributed by atoms with Crippen LogP contribution in [0.1, 0.15) is 42.1 Å². The second-order valence-corrected chi connectivity index (χ2v) is 5.07. The molecule has 0 aliphatic heterocycles. The molecule has 6 nitrogen and oxygen atoms in total. The Morgan fingerprint density at radius 1 is 1.43 bits per heavy atom. The molecular formula is C15H17N3O3. The van der Waals surface area contributed by atoms with E-state index >= 15 is 0 Å². The van der Waals surface area contributed by atoms with Crippen molar-refractivity contribution in [1.82, 2.24) is 15.5 Å². The molecule has 1 aromatic heterocycles. The summed E-state index contributed by atoms with van der Waals surface area (Å²) in [5, 5.41) is 7.04. The van der Waals surface area contributed by atoms with E-state index in [1.54, 1.807) is 0 Å². The number of carbonyl (C=O) groups excluding carboxylic acids is 1. The zero-order chi connectivity index (χ0) is 14.7. The van der Waals surface area contributed by atoms with Crippen LogP contribution in [-0.2, 0) is 16.1 Å². The number of hydrogen-bond donors (Lipinski definition) is 1. The average molecular weight is 287 g/mol. The third kappa shape index (κ3) is 3.28. The molecule has 1 fully saturated rings. The van der Waals surface area contributed by atoms with Crippen molar-refractivity contribution in [1.29, 1.82) is 0 Å². The Morgan fingerprint density at radius 2 is 2.19 bits per heavy atom. The lowest BCUT2D eigenvalue weighted by molar-refractivity contribution is -0.143. The third-order valence-electron chi connectivity index (χ3n) is 3.44. The Balaban J connectivity index is 1.67. The summed E-state index contributed by atoms with van der Waals surface area (Å²) in [6.45, 7) is 0.352. The van der Waals surface area contributed by atoms with Gasteiger partial charge < -0.3 is 9.26 Å². The van der Waals surface area contributed by atoms with E-state index in [0.717, 1.165) is 18.4 Å². The molecule has 1 unspecified atom stereocenters. The minimum absolute atomic E-state index is 0.341. The lowest BCUT2D eigenvalue weighted by atomic mass is 10.1. The number of esters is 1. The maximum atomic E-state index is 11.9. The molecule has 1 saturated carbocycles. The van der Waals surface area contributed by atoms with E-state index in [0.29, 0.717) is 24.2 Å². The third-order valence-corrected chi connectivity index (χ3v) is 3.44. The fourth-order valence-corrected chi connectivity index (χ4v) is 2.13. The molecule has 6 heteroatoms. The summed E-state index contributed by atoms with van der Waals surface area (Å²) in [4.78, 5) is 16.2. The van der Waals surface area contributed by atoms with Crippen LogP contribution in [-0.4, -0.2) is 23.2 Å². The van der Waals surface area contributed by atoms with Crippen molar-refractivity contribution < 1.29 is 14.1 Å². The van der Waals surface area contributed by atoms with E-state index in [1.807, 2.05) is 30.3 Å². The minimum atomic E-state index is -0.543. The molecule has 0 spiro atoms. The van der Waals surface area contributed by atoms with Crippen molar-refractivity contribution in [2.45, 2.75) is 31.3 Å². The summed E-state index contributed by atoms with van der Waals surface area (Å²) in [5.41, 5.74) is 0.843. The topological polar surface area (TPSA) is 77.2 Å². The normalized spacial score (nSPS) is 15.7. The second-order valence-electron chi connectivity index (χ2n) is 5.07. The predicted molar refractivity (Wildman–Crippen MR) is 74.3 cm³/mol. The Morgan fingerprint density at radius 3 is 2.86 bits per heavy atom. The van der Waals surface area contributed by atoms with E-state index < -0.39 is 6.04 Å². The highest BCUT2D eigenvalue weighted by atomic mass is 16.5. The quantitative estimate of drug-likeness (QED) is 0.818. The number of hydrogen-bond acceptors (Lipinski definition) is 6. The van der Waals surface area contributed by atoms with Gasteiger partial charge in [-0.05, 0) is 18.4 Å². The molecule has 2 aromatic rings. The summed E-state index contributed by atoms with van der Waals surface area (Å²) in [6.07, 6.45) is 2.23. The molecule has 1 heterocycles. The molecule has 110 valence electrons. The molecule has 0 amide bonds. The Bertz CT molecular complexity index is 608. The van der Waals surface area contributed by atoms with Crippen molar-refractivity contribution >= 4 is 5.97 Å². The molecule has 1 atom stereocenters. The van der Waals surface area contributed by atoms with Crippen molar-refractivity contribution in [3.8, 4) is 0 Å². The highest BCUT2D eigenvalue weighted by Gasteiger charge is 2.30. The van der Waals surface area contributed by atoms with Crippen LogP contribution in [0.5, 0.6) is 0 Å². The lowest BCUT2D eigenvalue weighted by Gasteiger charge is -2.15. The highest BCUT2D eigenvalue weighted by molar-refractivity contribution is 5.77. The van der Waals surface area contributed by atoms with Gasteiger partial charge in [-0.25, -0.2) is 4.79 Å². The summed E-state index contributed by atoms with van der Waals surface area (Å²) in [6, 6.07) is 8.87. The standard InChI is InChI=1S/C15H17N3O3/c1-20-15(19)13(10-5-3-2-4-6-10)16-9-12-17-14(21-18-12)11-7-8-11/h2-6,11,13,16H,7-9H2,1H3. The van der Waals surface area contributed by atoms with E-state index in [4.69, 9.17) is 9.26 Å². The van der Waals surface area contributed by atoms with Gasteiger partial charge in [0, 0.05) is 5.92 Å². The molecule has 1 aromatic carbocycles. The molecule has 21 heavy (non-hydrogen) atoms. The zero-order valence-corrected chi connectivity index (χ0v) is 11.8. The van der Waals surface area contributed by atoms with Gasteiger partial charge in [0.25, 0.3) is 0 Å². The van der Waals surface area contributed by atoms with E-state index in [1.165, 1.54) is 7.11 Å². The minimum Gasteiger partial charge on any atom is -0.468 e. The molecule has 0 saturated heterocycles. The van der Waals surface area contributed by atoms with Crippen molar-refractivity contribution in [2.24, 2.45) is 0 Å². The number of nitrogens with zero attached hydrogens (tertiary/aromatic N) is 2. The smallest absolute Gasteiger partial charge is 0.327 e.